The van der Waals surface area contributed by atoms with Crippen molar-refractivity contribution in [2.24, 2.45) is 0 Å². The quantitative estimate of drug-likeness (QED) is 0.762. The molecule has 0 aliphatic carbocycles. The van der Waals surface area contributed by atoms with Crippen LogP contribution in [0.4, 0.5) is 0 Å². The Morgan fingerprint density at radius 1 is 1.16 bits per heavy atom. The van der Waals surface area contributed by atoms with Gasteiger partial charge in [0.05, 0.1) is 18.5 Å². The Bertz CT molecular complexity index is 779. The fraction of sp³-hybridized carbons (Fsp3) is 0.0667. The molecule has 2 aromatic heterocycles. The molecular weight excluding hydrogens is 240 g/mol. The summed E-state index contributed by atoms with van der Waals surface area (Å²) in [6.07, 6.45) is 1.70. The molecule has 0 unspecified atom stereocenters. The maximum absolute atomic E-state index is 11.8. The summed E-state index contributed by atoms with van der Waals surface area (Å²) in [6.45, 7) is 0. The van der Waals surface area contributed by atoms with Crippen molar-refractivity contribution in [1.29, 1.82) is 0 Å². The van der Waals surface area contributed by atoms with Gasteiger partial charge < -0.3 is 9.72 Å². The highest BCUT2D eigenvalue weighted by Crippen LogP contribution is 2.31. The van der Waals surface area contributed by atoms with E-state index in [2.05, 4.69) is 9.97 Å². The molecule has 3 rings (SSSR count). The van der Waals surface area contributed by atoms with Gasteiger partial charge in [0.15, 0.2) is 0 Å². The van der Waals surface area contributed by atoms with Gasteiger partial charge in [-0.25, -0.2) is 0 Å². The molecule has 1 N–H and O–H groups in total. The summed E-state index contributed by atoms with van der Waals surface area (Å²) >= 11 is 0. The van der Waals surface area contributed by atoms with Crippen molar-refractivity contribution in [3.8, 4) is 17.1 Å². The third-order valence-electron chi connectivity index (χ3n) is 2.98. The van der Waals surface area contributed by atoms with Gasteiger partial charge in [-0.2, -0.15) is 0 Å². The Morgan fingerprint density at radius 3 is 2.79 bits per heavy atom. The zero-order valence-corrected chi connectivity index (χ0v) is 10.4. The number of methoxy groups -OCH3 is 1. The normalized spacial score (nSPS) is 10.6. The lowest BCUT2D eigenvalue weighted by molar-refractivity contribution is 0.420. The van der Waals surface area contributed by atoms with E-state index in [0.29, 0.717) is 5.69 Å². The maximum atomic E-state index is 11.8. The van der Waals surface area contributed by atoms with Crippen molar-refractivity contribution in [3.63, 3.8) is 0 Å². The second-order valence-corrected chi connectivity index (χ2v) is 4.15. The van der Waals surface area contributed by atoms with Crippen molar-refractivity contribution in [2.45, 2.75) is 0 Å². The lowest BCUT2D eigenvalue weighted by Crippen LogP contribution is -2.06. The van der Waals surface area contributed by atoms with Gasteiger partial charge in [-0.3, -0.25) is 9.78 Å². The zero-order valence-electron chi connectivity index (χ0n) is 10.4. The van der Waals surface area contributed by atoms with Gasteiger partial charge in [0.1, 0.15) is 5.75 Å². The van der Waals surface area contributed by atoms with Crippen molar-refractivity contribution < 1.29 is 4.74 Å². The van der Waals surface area contributed by atoms with E-state index in [1.807, 2.05) is 36.4 Å². The number of hydrogen-bond acceptors (Lipinski definition) is 3. The largest absolute Gasteiger partial charge is 0.496 e. The van der Waals surface area contributed by atoms with Crippen LogP contribution in [0.1, 0.15) is 0 Å². The number of aromatic amines is 1. The van der Waals surface area contributed by atoms with Crippen molar-refractivity contribution in [2.75, 3.05) is 7.11 Å². The van der Waals surface area contributed by atoms with Crippen LogP contribution in [0.15, 0.2) is 53.5 Å². The highest BCUT2D eigenvalue weighted by atomic mass is 16.5. The smallest absolute Gasteiger partial charge is 0.249 e. The molecule has 0 amide bonds. The summed E-state index contributed by atoms with van der Waals surface area (Å²) < 4.78 is 5.38. The third-order valence-corrected chi connectivity index (χ3v) is 2.98. The molecular formula is C15H12N2O2. The summed E-state index contributed by atoms with van der Waals surface area (Å²) in [5.41, 5.74) is 1.25. The van der Waals surface area contributed by atoms with Crippen LogP contribution in [0.25, 0.3) is 22.2 Å². The topological polar surface area (TPSA) is 55.0 Å². The third kappa shape index (κ3) is 1.97. The van der Waals surface area contributed by atoms with Crippen LogP contribution in [-0.4, -0.2) is 17.1 Å². The van der Waals surface area contributed by atoms with E-state index in [0.717, 1.165) is 22.2 Å². The zero-order chi connectivity index (χ0) is 13.2. The summed E-state index contributed by atoms with van der Waals surface area (Å²) in [4.78, 5) is 18.9. The van der Waals surface area contributed by atoms with Gasteiger partial charge >= 0.3 is 0 Å². The van der Waals surface area contributed by atoms with E-state index in [-0.39, 0.29) is 5.56 Å². The lowest BCUT2D eigenvalue weighted by Gasteiger charge is -2.09. The molecule has 0 fully saturated rings. The second kappa shape index (κ2) is 4.57. The Labute approximate surface area is 109 Å². The molecule has 0 aliphatic heterocycles. The molecule has 2 heterocycles. The number of hydrogen-bond donors (Lipinski definition) is 1. The Morgan fingerprint density at radius 2 is 2.05 bits per heavy atom. The predicted molar refractivity (Wildman–Crippen MR) is 74.4 cm³/mol. The maximum Gasteiger partial charge on any atom is 0.249 e. The van der Waals surface area contributed by atoms with Crippen molar-refractivity contribution >= 4 is 10.8 Å². The average Bonchev–Trinajstić information content (AvgIpc) is 2.46. The molecule has 4 nitrogen and oxygen atoms in total. The number of benzene rings is 1. The Balaban J connectivity index is 2.44. The fourth-order valence-corrected chi connectivity index (χ4v) is 2.17. The number of rotatable bonds is 2. The molecule has 0 spiro atoms. The molecule has 19 heavy (non-hydrogen) atoms. The Kier molecular flexibility index (Phi) is 2.76. The van der Waals surface area contributed by atoms with Gasteiger partial charge in [-0.1, -0.05) is 18.2 Å². The van der Waals surface area contributed by atoms with Crippen LogP contribution in [-0.2, 0) is 0 Å². The van der Waals surface area contributed by atoms with Gasteiger partial charge in [0.25, 0.3) is 0 Å². The number of H-pyrrole nitrogens is 1. The number of ether oxygens (including phenoxy) is 1. The number of fused-ring (bicyclic) bond motifs is 1. The van der Waals surface area contributed by atoms with Gasteiger partial charge in [-0.15, -0.1) is 0 Å². The van der Waals surface area contributed by atoms with E-state index in [1.54, 1.807) is 19.4 Å². The fourth-order valence-electron chi connectivity index (χ4n) is 2.17. The SMILES string of the molecule is COc1cccc2cc(=O)[nH]c(-c3ccccn3)c12. The minimum Gasteiger partial charge on any atom is -0.496 e. The van der Waals surface area contributed by atoms with E-state index in [1.165, 1.54) is 0 Å². The van der Waals surface area contributed by atoms with Gasteiger partial charge in [0.2, 0.25) is 5.56 Å². The molecule has 4 heteroatoms. The van der Waals surface area contributed by atoms with Gasteiger partial charge in [-0.05, 0) is 23.6 Å². The van der Waals surface area contributed by atoms with E-state index >= 15 is 0 Å². The standard InChI is InChI=1S/C15H12N2O2/c1-19-12-7-4-5-10-9-13(18)17-15(14(10)12)11-6-2-3-8-16-11/h2-9H,1H3,(H,17,18). The summed E-state index contributed by atoms with van der Waals surface area (Å²) in [6, 6.07) is 12.8. The number of nitrogens with one attached hydrogen (secondary N) is 1. The first-order valence-corrected chi connectivity index (χ1v) is 5.91. The number of aromatic nitrogens is 2. The first-order valence-electron chi connectivity index (χ1n) is 5.91. The van der Waals surface area contributed by atoms with Crippen molar-refractivity contribution in [1.82, 2.24) is 9.97 Å². The molecule has 0 saturated heterocycles. The number of pyridine rings is 2. The Hall–Kier alpha value is -2.62. The minimum atomic E-state index is -0.151. The second-order valence-electron chi connectivity index (χ2n) is 4.15. The van der Waals surface area contributed by atoms with Crippen LogP contribution >= 0.6 is 0 Å². The molecule has 1 aromatic carbocycles. The summed E-state index contributed by atoms with van der Waals surface area (Å²) in [5, 5.41) is 1.70. The van der Waals surface area contributed by atoms with Crippen LogP contribution < -0.4 is 10.3 Å². The lowest BCUT2D eigenvalue weighted by atomic mass is 10.1. The minimum absolute atomic E-state index is 0.151. The molecule has 94 valence electrons. The predicted octanol–water partition coefficient (Wildman–Crippen LogP) is 2.60. The summed E-state index contributed by atoms with van der Waals surface area (Å²) in [5.74, 6) is 0.717. The van der Waals surface area contributed by atoms with E-state index < -0.39 is 0 Å². The van der Waals surface area contributed by atoms with E-state index in [4.69, 9.17) is 4.74 Å². The highest BCUT2D eigenvalue weighted by Gasteiger charge is 2.11. The van der Waals surface area contributed by atoms with Crippen LogP contribution in [0, 0.1) is 0 Å². The molecule has 0 saturated carbocycles. The first kappa shape index (κ1) is 11.5. The van der Waals surface area contributed by atoms with E-state index in [9.17, 15) is 4.79 Å². The molecule has 0 radical (unpaired) electrons. The van der Waals surface area contributed by atoms with Gasteiger partial charge in [0, 0.05) is 17.6 Å². The first-order chi connectivity index (χ1) is 9.29. The van der Waals surface area contributed by atoms with Crippen molar-refractivity contribution in [3.05, 3.63) is 59.0 Å². The monoisotopic (exact) mass is 252 g/mol. The summed E-state index contributed by atoms with van der Waals surface area (Å²) in [7, 11) is 1.61. The number of nitrogens with zero attached hydrogens (tertiary/aromatic N) is 1. The average molecular weight is 252 g/mol. The molecule has 3 aromatic rings. The van der Waals surface area contributed by atoms with Crippen LogP contribution in [0.5, 0.6) is 5.75 Å². The molecule has 0 atom stereocenters. The molecule has 0 aliphatic rings. The molecule has 0 bridgehead atoms. The highest BCUT2D eigenvalue weighted by molar-refractivity contribution is 5.98. The van der Waals surface area contributed by atoms with Crippen LogP contribution in [0.2, 0.25) is 0 Å². The van der Waals surface area contributed by atoms with Crippen LogP contribution in [0.3, 0.4) is 0 Å².